The Bertz CT molecular complexity index is 1870. The lowest BCUT2D eigenvalue weighted by Gasteiger charge is -2.29. The molecule has 0 unspecified atom stereocenters. The molecule has 3 heterocycles. The van der Waals surface area contributed by atoms with Gasteiger partial charge >= 0.3 is 6.61 Å². The van der Waals surface area contributed by atoms with Gasteiger partial charge in [-0.2, -0.15) is 8.78 Å². The minimum atomic E-state index is -3.09. The quantitative estimate of drug-likeness (QED) is 0.216. The molecule has 3 aromatic carbocycles. The molecule has 3 amide bonds. The smallest absolute Gasteiger partial charge is 0.387 e. The Kier molecular flexibility index (Phi) is 15.6. The molecular weight excluding hydrogens is 950 g/mol. The van der Waals surface area contributed by atoms with Crippen LogP contribution in [0, 0.1) is 0 Å². The summed E-state index contributed by atoms with van der Waals surface area (Å²) < 4.78 is 110. The molecule has 0 radical (unpaired) electrons. The van der Waals surface area contributed by atoms with Gasteiger partial charge in [-0.05, 0) is 72.4 Å². The number of fused-ring (bicyclic) bond motifs is 3. The highest BCUT2D eigenvalue weighted by molar-refractivity contribution is 9.11. The van der Waals surface area contributed by atoms with Crippen molar-refractivity contribution in [3.63, 3.8) is 0 Å². The van der Waals surface area contributed by atoms with Crippen LogP contribution in [-0.4, -0.2) is 110 Å². The second-order valence-corrected chi connectivity index (χ2v) is 14.8. The van der Waals surface area contributed by atoms with Crippen LogP contribution in [0.1, 0.15) is 47.8 Å². The van der Waals surface area contributed by atoms with Crippen LogP contribution >= 0.6 is 47.8 Å². The normalized spacial score (nSPS) is 15.1. The minimum absolute atomic E-state index is 0.0691. The van der Waals surface area contributed by atoms with E-state index in [0.29, 0.717) is 57.2 Å². The molecular formula is C35H32Br3F8N3O6. The average Bonchev–Trinajstić information content (AvgIpc) is 3.07. The molecule has 20 heteroatoms. The van der Waals surface area contributed by atoms with Crippen molar-refractivity contribution in [3.8, 4) is 17.2 Å². The Hall–Kier alpha value is -3.65. The summed E-state index contributed by atoms with van der Waals surface area (Å²) in [5, 5.41) is 9.69. The summed E-state index contributed by atoms with van der Waals surface area (Å²) in [7, 11) is 1.46. The molecule has 300 valence electrons. The Morgan fingerprint density at radius 2 is 0.927 bits per heavy atom. The maximum Gasteiger partial charge on any atom is 0.387 e. The molecule has 1 N–H and O–H groups in total. The Morgan fingerprint density at radius 3 is 1.31 bits per heavy atom. The van der Waals surface area contributed by atoms with E-state index in [1.54, 1.807) is 18.2 Å². The van der Waals surface area contributed by atoms with Crippen molar-refractivity contribution in [2.45, 2.75) is 45.2 Å². The summed E-state index contributed by atoms with van der Waals surface area (Å²) in [5.74, 6) is -1.68. The SMILES string of the molecule is COc1cc(Br)cc2c1C(=O)N(CC(F)F)CC2.O=C1c2c(O)cc(Br)cc2CCN1CC(F)F.O=C1c2c(cc(Br)cc2OC(F)F)CCN1CC(F)F. The number of phenols is 1. The predicted molar refractivity (Wildman–Crippen MR) is 194 cm³/mol. The summed E-state index contributed by atoms with van der Waals surface area (Å²) in [5.41, 5.74) is 2.49. The molecule has 3 aliphatic heterocycles. The van der Waals surface area contributed by atoms with Crippen LogP contribution in [0.4, 0.5) is 35.1 Å². The van der Waals surface area contributed by atoms with Crippen LogP contribution in [0.2, 0.25) is 0 Å². The summed E-state index contributed by atoms with van der Waals surface area (Å²) in [6.07, 6.45) is -6.40. The summed E-state index contributed by atoms with van der Waals surface area (Å²) in [6.45, 7) is -4.23. The van der Waals surface area contributed by atoms with Crippen molar-refractivity contribution in [1.82, 2.24) is 14.7 Å². The summed E-state index contributed by atoms with van der Waals surface area (Å²) in [6, 6.07) is 9.45. The van der Waals surface area contributed by atoms with E-state index in [9.17, 15) is 54.6 Å². The third kappa shape index (κ3) is 11.5. The maximum absolute atomic E-state index is 12.4. The first-order valence-corrected chi connectivity index (χ1v) is 18.6. The van der Waals surface area contributed by atoms with Crippen molar-refractivity contribution < 1.29 is 64.1 Å². The van der Waals surface area contributed by atoms with E-state index >= 15 is 0 Å². The fraction of sp³-hybridized carbons (Fsp3) is 0.400. The monoisotopic (exact) mass is 979 g/mol. The van der Waals surface area contributed by atoms with Gasteiger partial charge in [0.05, 0.1) is 43.4 Å². The molecule has 3 aromatic rings. The van der Waals surface area contributed by atoms with Crippen molar-refractivity contribution in [2.24, 2.45) is 0 Å². The van der Waals surface area contributed by atoms with Gasteiger partial charge in [0.2, 0.25) is 0 Å². The third-order valence-corrected chi connectivity index (χ3v) is 9.80. The first-order chi connectivity index (χ1) is 25.9. The number of halogens is 11. The van der Waals surface area contributed by atoms with Crippen LogP contribution in [0.3, 0.4) is 0 Å². The second-order valence-electron chi connectivity index (χ2n) is 12.1. The zero-order chi connectivity index (χ0) is 40.7. The van der Waals surface area contributed by atoms with Gasteiger partial charge in [0.25, 0.3) is 37.0 Å². The van der Waals surface area contributed by atoms with Gasteiger partial charge in [-0.15, -0.1) is 0 Å². The fourth-order valence-corrected chi connectivity index (χ4v) is 7.62. The van der Waals surface area contributed by atoms with Crippen molar-refractivity contribution in [2.75, 3.05) is 46.4 Å². The lowest BCUT2D eigenvalue weighted by atomic mass is 9.98. The van der Waals surface area contributed by atoms with E-state index in [0.717, 1.165) is 19.8 Å². The van der Waals surface area contributed by atoms with E-state index < -0.39 is 57.3 Å². The highest BCUT2D eigenvalue weighted by Gasteiger charge is 2.32. The number of hydrogen-bond donors (Lipinski definition) is 1. The number of ether oxygens (including phenoxy) is 2. The number of carbonyl (C=O) groups excluding carboxylic acids is 3. The van der Waals surface area contributed by atoms with Gasteiger partial charge in [-0.25, -0.2) is 26.3 Å². The molecule has 6 rings (SSSR count). The predicted octanol–water partition coefficient (Wildman–Crippen LogP) is 8.45. The number of hydrogen-bond acceptors (Lipinski definition) is 6. The van der Waals surface area contributed by atoms with E-state index in [4.69, 9.17) is 4.74 Å². The van der Waals surface area contributed by atoms with Crippen molar-refractivity contribution >= 4 is 65.5 Å². The topological polar surface area (TPSA) is 99.6 Å². The van der Waals surface area contributed by atoms with Gasteiger partial charge in [-0.1, -0.05) is 47.8 Å². The fourth-order valence-electron chi connectivity index (χ4n) is 6.16. The number of alkyl halides is 8. The van der Waals surface area contributed by atoms with Crippen molar-refractivity contribution in [3.05, 3.63) is 83.2 Å². The van der Waals surface area contributed by atoms with Gasteiger partial charge in [0, 0.05) is 33.1 Å². The summed E-state index contributed by atoms with van der Waals surface area (Å²) >= 11 is 9.68. The molecule has 0 aromatic heterocycles. The number of benzene rings is 3. The number of phenolic OH excluding ortho intramolecular Hbond substituents is 1. The molecule has 0 fully saturated rings. The lowest BCUT2D eigenvalue weighted by molar-refractivity contribution is -0.0505. The molecule has 3 aliphatic rings. The molecule has 0 saturated heterocycles. The third-order valence-electron chi connectivity index (χ3n) is 8.43. The number of aromatic hydroxyl groups is 1. The van der Waals surface area contributed by atoms with Gasteiger partial charge in [-0.3, -0.25) is 14.4 Å². The molecule has 9 nitrogen and oxygen atoms in total. The number of nitrogens with zero attached hydrogens (tertiary/aromatic N) is 3. The first-order valence-electron chi connectivity index (χ1n) is 16.3. The standard InChI is InChI=1S/C12H10BrF4NO2.C12H12BrF2NO2.C11H10BrF2NO2/c13-7-3-6-1-2-18(5-9(14)15)11(19)10(6)8(4-7)20-12(16)17;1-18-9-5-8(13)4-7-2-3-16(6-10(14)15)12(17)11(7)9;12-7-3-6-1-2-15(5-9(13)14)11(17)10(6)8(16)4-7/h3-4,9,12H,1-2,5H2;4-5,10H,2-3,6H2,1H3;3-4,9,16H,1-2,5H2. The Balaban J connectivity index is 0.000000184. The van der Waals surface area contributed by atoms with Crippen LogP contribution in [0.5, 0.6) is 17.2 Å². The zero-order valence-electron chi connectivity index (χ0n) is 28.6. The van der Waals surface area contributed by atoms with E-state index in [-0.39, 0.29) is 41.6 Å². The maximum atomic E-state index is 12.4. The minimum Gasteiger partial charge on any atom is -0.507 e. The average molecular weight is 982 g/mol. The highest BCUT2D eigenvalue weighted by atomic mass is 79.9. The molecule has 55 heavy (non-hydrogen) atoms. The van der Waals surface area contributed by atoms with Crippen LogP contribution in [0.25, 0.3) is 0 Å². The van der Waals surface area contributed by atoms with Crippen LogP contribution in [-0.2, 0) is 19.3 Å². The molecule has 0 saturated carbocycles. The van der Waals surface area contributed by atoms with Crippen LogP contribution in [0.15, 0.2) is 49.8 Å². The summed E-state index contributed by atoms with van der Waals surface area (Å²) in [4.78, 5) is 39.3. The number of carbonyl (C=O) groups is 3. The molecule has 0 aliphatic carbocycles. The second kappa shape index (κ2) is 19.5. The van der Waals surface area contributed by atoms with E-state index in [2.05, 4.69) is 52.5 Å². The largest absolute Gasteiger partial charge is 0.507 e. The van der Waals surface area contributed by atoms with Gasteiger partial charge in [0.1, 0.15) is 17.2 Å². The van der Waals surface area contributed by atoms with Crippen LogP contribution < -0.4 is 9.47 Å². The molecule has 0 atom stereocenters. The van der Waals surface area contributed by atoms with E-state index in [1.165, 1.54) is 24.1 Å². The highest BCUT2D eigenvalue weighted by Crippen LogP contribution is 2.35. The molecule has 0 spiro atoms. The van der Waals surface area contributed by atoms with Gasteiger partial charge < -0.3 is 29.3 Å². The first kappa shape index (κ1) is 44.1. The Labute approximate surface area is 334 Å². The Morgan fingerprint density at radius 1 is 0.582 bits per heavy atom. The van der Waals surface area contributed by atoms with E-state index in [1.807, 2.05) is 6.07 Å². The van der Waals surface area contributed by atoms with Gasteiger partial charge in [0.15, 0.2) is 0 Å². The lowest BCUT2D eigenvalue weighted by Crippen LogP contribution is -2.40. The zero-order valence-corrected chi connectivity index (χ0v) is 33.4. The molecule has 0 bridgehead atoms. The number of methoxy groups -OCH3 is 1. The number of rotatable bonds is 9. The van der Waals surface area contributed by atoms with Crippen molar-refractivity contribution in [1.29, 1.82) is 0 Å². The number of amides is 3.